The van der Waals surface area contributed by atoms with Crippen LogP contribution in [0.25, 0.3) is 0 Å². The van der Waals surface area contributed by atoms with E-state index in [2.05, 4.69) is 10.1 Å². The smallest absolute Gasteiger partial charge is 0.405 e. The Labute approximate surface area is 165 Å². The van der Waals surface area contributed by atoms with Gasteiger partial charge in [0.05, 0.1) is 11.4 Å². The molecule has 0 bridgehead atoms. The van der Waals surface area contributed by atoms with Crippen molar-refractivity contribution >= 4 is 23.2 Å². The van der Waals surface area contributed by atoms with Gasteiger partial charge in [0.15, 0.2) is 0 Å². The van der Waals surface area contributed by atoms with Crippen molar-refractivity contribution in [2.24, 2.45) is 0 Å². The summed E-state index contributed by atoms with van der Waals surface area (Å²) in [7, 11) is 3.27. The summed E-state index contributed by atoms with van der Waals surface area (Å²) in [5, 5.41) is 2.76. The molecule has 0 aliphatic carbocycles. The Balaban J connectivity index is 1.80. The van der Waals surface area contributed by atoms with E-state index in [9.17, 15) is 22.8 Å². The maximum absolute atomic E-state index is 12.8. The zero-order valence-corrected chi connectivity index (χ0v) is 16.1. The van der Waals surface area contributed by atoms with E-state index < -0.39 is 12.3 Å². The van der Waals surface area contributed by atoms with Gasteiger partial charge in [0.25, 0.3) is 5.91 Å². The summed E-state index contributed by atoms with van der Waals surface area (Å²) in [4.78, 5) is 27.9. The molecule has 0 radical (unpaired) electrons. The zero-order valence-electron chi connectivity index (χ0n) is 16.1. The third kappa shape index (κ3) is 4.44. The molecule has 1 aliphatic rings. The van der Waals surface area contributed by atoms with E-state index in [1.54, 1.807) is 43.1 Å². The molecule has 1 aliphatic heterocycles. The lowest BCUT2D eigenvalue weighted by Crippen LogP contribution is -2.44. The minimum absolute atomic E-state index is 0.0779. The van der Waals surface area contributed by atoms with Crippen molar-refractivity contribution in [1.29, 1.82) is 0 Å². The number of benzene rings is 2. The third-order valence-corrected chi connectivity index (χ3v) is 4.79. The number of hydrogen-bond acceptors (Lipinski definition) is 4. The highest BCUT2D eigenvalue weighted by molar-refractivity contribution is 6.05. The van der Waals surface area contributed by atoms with E-state index in [0.717, 1.165) is 5.69 Å². The Morgan fingerprint density at radius 2 is 1.93 bits per heavy atom. The highest BCUT2D eigenvalue weighted by Gasteiger charge is 2.32. The van der Waals surface area contributed by atoms with Crippen LogP contribution in [0.15, 0.2) is 42.5 Å². The van der Waals surface area contributed by atoms with Gasteiger partial charge in [-0.3, -0.25) is 9.59 Å². The average molecular weight is 407 g/mol. The van der Waals surface area contributed by atoms with Gasteiger partial charge in [0.1, 0.15) is 11.8 Å². The number of nitrogens with one attached hydrogen (secondary N) is 1. The van der Waals surface area contributed by atoms with Gasteiger partial charge < -0.3 is 19.9 Å². The van der Waals surface area contributed by atoms with Crippen LogP contribution in [0.2, 0.25) is 0 Å². The molecule has 0 spiro atoms. The quantitative estimate of drug-likeness (QED) is 0.841. The Morgan fingerprint density at radius 1 is 1.24 bits per heavy atom. The molecule has 2 amide bonds. The molecule has 2 aromatic carbocycles. The molecule has 29 heavy (non-hydrogen) atoms. The van der Waals surface area contributed by atoms with Crippen LogP contribution in [-0.4, -0.2) is 43.2 Å². The molecule has 154 valence electrons. The molecule has 9 heteroatoms. The first kappa shape index (κ1) is 20.5. The van der Waals surface area contributed by atoms with Gasteiger partial charge in [-0.15, -0.1) is 13.2 Å². The fourth-order valence-electron chi connectivity index (χ4n) is 3.10. The van der Waals surface area contributed by atoms with E-state index in [1.165, 1.54) is 30.1 Å². The van der Waals surface area contributed by atoms with Gasteiger partial charge in [-0.2, -0.15) is 0 Å². The molecule has 0 saturated heterocycles. The fourth-order valence-corrected chi connectivity index (χ4v) is 3.10. The molecular weight excluding hydrogens is 387 g/mol. The fraction of sp³-hybridized carbons (Fsp3) is 0.300. The molecule has 1 atom stereocenters. The molecule has 1 N–H and O–H groups in total. The van der Waals surface area contributed by atoms with Crippen molar-refractivity contribution in [1.82, 2.24) is 4.90 Å². The number of likely N-dealkylation sites (N-methyl/N-ethyl adjacent to an activating group) is 1. The van der Waals surface area contributed by atoms with Gasteiger partial charge in [-0.1, -0.05) is 18.2 Å². The summed E-state index contributed by atoms with van der Waals surface area (Å²) in [5.41, 5.74) is 1.82. The van der Waals surface area contributed by atoms with Gasteiger partial charge in [0, 0.05) is 31.8 Å². The zero-order chi connectivity index (χ0) is 21.3. The second-order valence-electron chi connectivity index (χ2n) is 6.82. The monoisotopic (exact) mass is 407 g/mol. The SMILES string of the molecule is CC1C(=O)Nc2cc(C(=O)N(C)Cc3ccccc3OC(F)(F)F)ccc2N1C. The van der Waals surface area contributed by atoms with E-state index in [-0.39, 0.29) is 29.8 Å². The van der Waals surface area contributed by atoms with E-state index in [4.69, 9.17) is 0 Å². The van der Waals surface area contributed by atoms with Crippen molar-refractivity contribution in [2.45, 2.75) is 25.9 Å². The van der Waals surface area contributed by atoms with Crippen molar-refractivity contribution in [3.63, 3.8) is 0 Å². The number of amides is 2. The van der Waals surface area contributed by atoms with Crippen LogP contribution in [0, 0.1) is 0 Å². The van der Waals surface area contributed by atoms with Gasteiger partial charge in [0.2, 0.25) is 5.91 Å². The minimum Gasteiger partial charge on any atom is -0.405 e. The first-order chi connectivity index (χ1) is 13.6. The molecule has 1 unspecified atom stereocenters. The lowest BCUT2D eigenvalue weighted by atomic mass is 10.1. The summed E-state index contributed by atoms with van der Waals surface area (Å²) in [6.07, 6.45) is -4.82. The number of para-hydroxylation sites is 1. The minimum atomic E-state index is -4.82. The predicted molar refractivity (Wildman–Crippen MR) is 102 cm³/mol. The predicted octanol–water partition coefficient (Wildman–Crippen LogP) is 3.63. The molecule has 6 nitrogen and oxygen atoms in total. The van der Waals surface area contributed by atoms with Gasteiger partial charge in [-0.25, -0.2) is 0 Å². The molecule has 0 aromatic heterocycles. The van der Waals surface area contributed by atoms with Crippen molar-refractivity contribution in [3.8, 4) is 5.75 Å². The van der Waals surface area contributed by atoms with E-state index >= 15 is 0 Å². The lowest BCUT2D eigenvalue weighted by molar-refractivity contribution is -0.275. The number of fused-ring (bicyclic) bond motifs is 1. The summed E-state index contributed by atoms with van der Waals surface area (Å²) < 4.78 is 41.8. The van der Waals surface area contributed by atoms with Crippen LogP contribution in [0.3, 0.4) is 0 Å². The summed E-state index contributed by atoms with van der Waals surface area (Å²) in [5.74, 6) is -0.936. The Morgan fingerprint density at radius 3 is 2.62 bits per heavy atom. The normalized spacial score (nSPS) is 16.1. The number of halogens is 3. The molecule has 2 aromatic rings. The van der Waals surface area contributed by atoms with Crippen molar-refractivity contribution in [2.75, 3.05) is 24.3 Å². The highest BCUT2D eigenvalue weighted by Crippen LogP contribution is 2.32. The van der Waals surface area contributed by atoms with Gasteiger partial charge >= 0.3 is 6.36 Å². The van der Waals surface area contributed by atoms with Crippen LogP contribution >= 0.6 is 0 Å². The number of alkyl halides is 3. The number of rotatable bonds is 4. The number of anilines is 2. The van der Waals surface area contributed by atoms with Crippen LogP contribution in [0.4, 0.5) is 24.5 Å². The Kier molecular flexibility index (Phi) is 5.41. The summed E-state index contributed by atoms with van der Waals surface area (Å²) in [6, 6.07) is 10.2. The Hall–Kier alpha value is -3.23. The average Bonchev–Trinajstić information content (AvgIpc) is 2.65. The third-order valence-electron chi connectivity index (χ3n) is 4.79. The first-order valence-electron chi connectivity index (χ1n) is 8.83. The van der Waals surface area contributed by atoms with E-state index in [1.807, 2.05) is 0 Å². The second kappa shape index (κ2) is 7.65. The van der Waals surface area contributed by atoms with Gasteiger partial charge in [-0.05, 0) is 31.2 Å². The summed E-state index contributed by atoms with van der Waals surface area (Å²) in [6.45, 7) is 1.69. The number of nitrogens with zero attached hydrogens (tertiary/aromatic N) is 2. The maximum Gasteiger partial charge on any atom is 0.573 e. The number of carbonyl (C=O) groups excluding carboxylic acids is 2. The molecule has 1 heterocycles. The Bertz CT molecular complexity index is 946. The number of carbonyl (C=O) groups is 2. The second-order valence-corrected chi connectivity index (χ2v) is 6.82. The lowest BCUT2D eigenvalue weighted by Gasteiger charge is -2.33. The molecule has 0 saturated carbocycles. The maximum atomic E-state index is 12.8. The molecule has 0 fully saturated rings. The topological polar surface area (TPSA) is 61.9 Å². The first-order valence-corrected chi connectivity index (χ1v) is 8.83. The molecular formula is C20H20F3N3O3. The van der Waals surface area contributed by atoms with Crippen LogP contribution in [0.1, 0.15) is 22.8 Å². The van der Waals surface area contributed by atoms with Crippen LogP contribution < -0.4 is 15.0 Å². The summed E-state index contributed by atoms with van der Waals surface area (Å²) >= 11 is 0. The van der Waals surface area contributed by atoms with Crippen LogP contribution in [-0.2, 0) is 11.3 Å². The van der Waals surface area contributed by atoms with Crippen molar-refractivity contribution in [3.05, 3.63) is 53.6 Å². The van der Waals surface area contributed by atoms with Crippen LogP contribution in [0.5, 0.6) is 5.75 Å². The number of ether oxygens (including phenoxy) is 1. The number of hydrogen-bond donors (Lipinski definition) is 1. The van der Waals surface area contributed by atoms with Crippen molar-refractivity contribution < 1.29 is 27.5 Å². The largest absolute Gasteiger partial charge is 0.573 e. The standard InChI is InChI=1S/C20H20F3N3O3/c1-12-18(27)24-15-10-13(8-9-16(15)26(12)3)19(28)25(2)11-14-6-4-5-7-17(14)29-20(21,22)23/h4-10,12H,11H2,1-3H3,(H,24,27). The molecule has 3 rings (SSSR count). The highest BCUT2D eigenvalue weighted by atomic mass is 19.4. The van der Waals surface area contributed by atoms with E-state index in [0.29, 0.717) is 11.3 Å².